The number of hydrogen-bond acceptors (Lipinski definition) is 4. The van der Waals surface area contributed by atoms with Crippen LogP contribution in [0.5, 0.6) is 5.75 Å². The molecule has 0 unspecified atom stereocenters. The second-order valence-corrected chi connectivity index (χ2v) is 7.96. The summed E-state index contributed by atoms with van der Waals surface area (Å²) < 4.78 is 54.7. The average molecular weight is 425 g/mol. The van der Waals surface area contributed by atoms with Crippen LogP contribution in [0.1, 0.15) is 19.4 Å². The van der Waals surface area contributed by atoms with Crippen LogP contribution in [0.3, 0.4) is 0 Å². The third kappa shape index (κ3) is 4.61. The lowest BCUT2D eigenvalue weighted by Crippen LogP contribution is -2.31. The van der Waals surface area contributed by atoms with E-state index in [9.17, 15) is 27.2 Å². The molecule has 1 heterocycles. The number of nitrogens with zero attached hydrogens (tertiary/aromatic N) is 1. The van der Waals surface area contributed by atoms with Gasteiger partial charge in [0, 0.05) is 11.3 Å². The summed E-state index contributed by atoms with van der Waals surface area (Å²) in [5.41, 5.74) is 0.370. The van der Waals surface area contributed by atoms with E-state index in [2.05, 4.69) is 4.74 Å². The van der Waals surface area contributed by atoms with Gasteiger partial charge in [0.2, 0.25) is 0 Å². The Kier molecular flexibility index (Phi) is 5.70. The van der Waals surface area contributed by atoms with E-state index in [1.165, 1.54) is 24.3 Å². The molecule has 0 saturated heterocycles. The summed E-state index contributed by atoms with van der Waals surface area (Å²) in [5, 5.41) is -0.0444. The van der Waals surface area contributed by atoms with E-state index < -0.39 is 29.7 Å². The smallest absolute Gasteiger partial charge is 0.406 e. The molecule has 152 valence electrons. The number of alkyl halides is 3. The Morgan fingerprint density at radius 3 is 2.24 bits per heavy atom. The zero-order chi connectivity index (χ0) is 21.3. The molecule has 0 bridgehead atoms. The van der Waals surface area contributed by atoms with Crippen molar-refractivity contribution in [3.05, 3.63) is 64.8 Å². The van der Waals surface area contributed by atoms with Crippen molar-refractivity contribution in [1.82, 2.24) is 0 Å². The molecule has 0 N–H and O–H groups in total. The van der Waals surface area contributed by atoms with Crippen LogP contribution in [-0.2, 0) is 9.59 Å². The van der Waals surface area contributed by atoms with E-state index in [1.807, 2.05) is 13.8 Å². The van der Waals surface area contributed by atoms with Crippen LogP contribution < -0.4 is 9.64 Å². The number of carbonyl (C=O) groups excluding carboxylic acids is 2. The highest BCUT2D eigenvalue weighted by Gasteiger charge is 2.41. The van der Waals surface area contributed by atoms with Gasteiger partial charge in [-0.1, -0.05) is 32.0 Å². The number of imide groups is 1. The number of thioether (sulfide) groups is 1. The highest BCUT2D eigenvalue weighted by Crippen LogP contribution is 2.40. The largest absolute Gasteiger partial charge is 0.573 e. The van der Waals surface area contributed by atoms with Crippen molar-refractivity contribution in [3.8, 4) is 5.75 Å². The number of rotatable bonds is 5. The van der Waals surface area contributed by atoms with Crippen molar-refractivity contribution in [1.29, 1.82) is 0 Å². The Hall–Kier alpha value is -2.81. The van der Waals surface area contributed by atoms with E-state index in [0.717, 1.165) is 40.9 Å². The van der Waals surface area contributed by atoms with Gasteiger partial charge in [-0.2, -0.15) is 0 Å². The summed E-state index contributed by atoms with van der Waals surface area (Å²) in [5.74, 6) is -2.41. The first-order valence-corrected chi connectivity index (χ1v) is 9.36. The fraction of sp³-hybridized carbons (Fsp3) is 0.200. The Morgan fingerprint density at radius 1 is 1.00 bits per heavy atom. The van der Waals surface area contributed by atoms with E-state index in [-0.39, 0.29) is 21.4 Å². The van der Waals surface area contributed by atoms with E-state index in [4.69, 9.17) is 0 Å². The predicted molar refractivity (Wildman–Crippen MR) is 102 cm³/mol. The number of halogens is 4. The third-order valence-corrected chi connectivity index (χ3v) is 4.92. The van der Waals surface area contributed by atoms with Gasteiger partial charge in [-0.3, -0.25) is 9.59 Å². The molecule has 1 aliphatic heterocycles. The summed E-state index contributed by atoms with van der Waals surface area (Å²) in [6.45, 7) is 3.66. The Balaban J connectivity index is 2.04. The number of hydrogen-bond donors (Lipinski definition) is 0. The lowest BCUT2D eigenvalue weighted by molar-refractivity contribution is -0.274. The van der Waals surface area contributed by atoms with Crippen molar-refractivity contribution in [2.24, 2.45) is 0 Å². The zero-order valence-electron chi connectivity index (χ0n) is 15.3. The minimum Gasteiger partial charge on any atom is -0.406 e. The molecular weight excluding hydrogens is 410 g/mol. The van der Waals surface area contributed by atoms with Gasteiger partial charge in [0.1, 0.15) is 11.6 Å². The van der Waals surface area contributed by atoms with Gasteiger partial charge >= 0.3 is 6.36 Å². The van der Waals surface area contributed by atoms with Gasteiger partial charge in [0.25, 0.3) is 11.8 Å². The minimum absolute atomic E-state index is 0.0444. The number of benzene rings is 2. The van der Waals surface area contributed by atoms with Gasteiger partial charge in [-0.25, -0.2) is 9.29 Å². The Morgan fingerprint density at radius 2 is 1.66 bits per heavy atom. The molecule has 2 aromatic rings. The maximum atomic E-state index is 13.3. The van der Waals surface area contributed by atoms with Crippen molar-refractivity contribution in [3.63, 3.8) is 0 Å². The summed E-state index contributed by atoms with van der Waals surface area (Å²) >= 11 is 1.16. The molecule has 0 atom stereocenters. The molecule has 4 nitrogen and oxygen atoms in total. The molecule has 1 aliphatic rings. The van der Waals surface area contributed by atoms with Crippen LogP contribution in [0.25, 0.3) is 5.57 Å². The van der Waals surface area contributed by atoms with Gasteiger partial charge in [-0.05, 0) is 29.8 Å². The SMILES string of the molecule is CC(C)SC1=C(c2ccc(F)cc2)C(=O)N(c2cccc(OC(F)(F)F)c2)C1=O. The molecule has 3 rings (SSSR count). The second-order valence-electron chi connectivity index (χ2n) is 6.37. The first-order chi connectivity index (χ1) is 13.6. The quantitative estimate of drug-likeness (QED) is 0.491. The summed E-state index contributed by atoms with van der Waals surface area (Å²) in [4.78, 5) is 27.0. The molecule has 2 amide bonds. The number of anilines is 1. The van der Waals surface area contributed by atoms with Gasteiger partial charge in [-0.15, -0.1) is 24.9 Å². The van der Waals surface area contributed by atoms with Gasteiger partial charge in [0.15, 0.2) is 0 Å². The minimum atomic E-state index is -4.91. The zero-order valence-corrected chi connectivity index (χ0v) is 16.1. The maximum absolute atomic E-state index is 13.3. The monoisotopic (exact) mass is 425 g/mol. The molecule has 0 saturated carbocycles. The van der Waals surface area contributed by atoms with Crippen LogP contribution in [0.2, 0.25) is 0 Å². The van der Waals surface area contributed by atoms with Crippen LogP contribution in [0.4, 0.5) is 23.2 Å². The highest BCUT2D eigenvalue weighted by atomic mass is 32.2. The van der Waals surface area contributed by atoms with Crippen LogP contribution in [0, 0.1) is 5.82 Å². The van der Waals surface area contributed by atoms with E-state index in [0.29, 0.717) is 5.56 Å². The number of ether oxygens (including phenoxy) is 1. The fourth-order valence-corrected chi connectivity index (χ4v) is 3.77. The highest BCUT2D eigenvalue weighted by molar-refractivity contribution is 8.04. The fourth-order valence-electron chi connectivity index (χ4n) is 2.78. The lowest BCUT2D eigenvalue weighted by Gasteiger charge is -2.17. The number of carbonyl (C=O) groups is 2. The molecule has 0 fully saturated rings. The molecule has 0 spiro atoms. The van der Waals surface area contributed by atoms with Crippen molar-refractivity contribution < 1.29 is 31.9 Å². The van der Waals surface area contributed by atoms with E-state index >= 15 is 0 Å². The molecule has 0 aromatic heterocycles. The van der Waals surface area contributed by atoms with Crippen LogP contribution in [0.15, 0.2) is 53.4 Å². The predicted octanol–water partition coefficient (Wildman–Crippen LogP) is 5.15. The molecule has 0 aliphatic carbocycles. The summed E-state index contributed by atoms with van der Waals surface area (Å²) in [6.07, 6.45) is -4.91. The Bertz CT molecular complexity index is 984. The van der Waals surface area contributed by atoms with Gasteiger partial charge in [0.05, 0.1) is 16.2 Å². The van der Waals surface area contributed by atoms with Crippen molar-refractivity contribution >= 4 is 34.8 Å². The maximum Gasteiger partial charge on any atom is 0.573 e. The van der Waals surface area contributed by atoms with E-state index in [1.54, 1.807) is 0 Å². The van der Waals surface area contributed by atoms with Crippen LogP contribution in [-0.4, -0.2) is 23.4 Å². The van der Waals surface area contributed by atoms with Gasteiger partial charge < -0.3 is 4.74 Å². The summed E-state index contributed by atoms with van der Waals surface area (Å²) in [6, 6.07) is 9.71. The molecule has 2 aromatic carbocycles. The second kappa shape index (κ2) is 7.90. The number of amides is 2. The topological polar surface area (TPSA) is 46.6 Å². The normalized spacial score (nSPS) is 14.9. The van der Waals surface area contributed by atoms with Crippen LogP contribution >= 0.6 is 11.8 Å². The first kappa shape index (κ1) is 20.9. The molecule has 0 radical (unpaired) electrons. The average Bonchev–Trinajstić information content (AvgIpc) is 2.84. The standard InChI is InChI=1S/C20H15F4NO3S/c1-11(2)29-17-16(12-6-8-13(21)9-7-12)18(26)25(19(17)27)14-4-3-5-15(10-14)28-20(22,23)24/h3-11H,1-2H3. The molecular formula is C20H15F4NO3S. The lowest BCUT2D eigenvalue weighted by atomic mass is 10.1. The third-order valence-electron chi connectivity index (χ3n) is 3.84. The Labute approximate surface area is 168 Å². The van der Waals surface area contributed by atoms with Crippen molar-refractivity contribution in [2.75, 3.05) is 4.90 Å². The molecule has 9 heteroatoms. The summed E-state index contributed by atoms with van der Waals surface area (Å²) in [7, 11) is 0. The molecule has 29 heavy (non-hydrogen) atoms. The van der Waals surface area contributed by atoms with Crippen molar-refractivity contribution in [2.45, 2.75) is 25.5 Å². The first-order valence-electron chi connectivity index (χ1n) is 8.48.